The average molecular weight is 389 g/mol. The molecule has 0 saturated heterocycles. The maximum Gasteiger partial charge on any atom is 0.136 e. The van der Waals surface area contributed by atoms with Gasteiger partial charge in [0.05, 0.1) is 0 Å². The number of carbonyl (C=O) groups excluding carboxylic acids is 1. The predicted molar refractivity (Wildman–Crippen MR) is 125 cm³/mol. The van der Waals surface area contributed by atoms with Crippen molar-refractivity contribution >= 4 is 5.78 Å². The second-order valence-electron chi connectivity index (χ2n) is 10.1. The van der Waals surface area contributed by atoms with Crippen molar-refractivity contribution in [2.75, 3.05) is 0 Å². The largest absolute Gasteiger partial charge is 0.299 e. The molecule has 0 spiro atoms. The van der Waals surface area contributed by atoms with E-state index in [1.165, 1.54) is 63.4 Å². The van der Waals surface area contributed by atoms with Crippen molar-refractivity contribution in [3.63, 3.8) is 0 Å². The van der Waals surface area contributed by atoms with E-state index in [2.05, 4.69) is 53.3 Å². The molecule has 0 aromatic rings. The number of allylic oxidation sites excluding steroid dienone is 3. The maximum atomic E-state index is 12.6. The second kappa shape index (κ2) is 13.4. The number of ketones is 1. The van der Waals surface area contributed by atoms with Gasteiger partial charge in [0, 0.05) is 12.3 Å². The molecule has 1 nitrogen and oxygen atoms in total. The Morgan fingerprint density at radius 3 is 2.11 bits per heavy atom. The molecule has 1 aliphatic rings. The summed E-state index contributed by atoms with van der Waals surface area (Å²) in [5.74, 6) is 1.59. The monoisotopic (exact) mass is 388 g/mol. The van der Waals surface area contributed by atoms with Crippen molar-refractivity contribution < 1.29 is 4.79 Å². The molecule has 1 heteroatoms. The van der Waals surface area contributed by atoms with E-state index in [0.29, 0.717) is 17.6 Å². The molecule has 0 amide bonds. The first-order valence-corrected chi connectivity index (χ1v) is 12.2. The summed E-state index contributed by atoms with van der Waals surface area (Å²) < 4.78 is 0. The van der Waals surface area contributed by atoms with Crippen LogP contribution in [0.15, 0.2) is 24.3 Å². The van der Waals surface area contributed by atoms with Gasteiger partial charge in [-0.1, -0.05) is 117 Å². The van der Waals surface area contributed by atoms with Gasteiger partial charge in [-0.2, -0.15) is 0 Å². The van der Waals surface area contributed by atoms with E-state index in [1.54, 1.807) is 0 Å². The van der Waals surface area contributed by atoms with Gasteiger partial charge in [-0.25, -0.2) is 0 Å². The molecule has 28 heavy (non-hydrogen) atoms. The highest BCUT2D eigenvalue weighted by Crippen LogP contribution is 2.45. The molecule has 3 unspecified atom stereocenters. The summed E-state index contributed by atoms with van der Waals surface area (Å²) in [6, 6.07) is 0. The van der Waals surface area contributed by atoms with E-state index >= 15 is 0 Å². The minimum atomic E-state index is 0.125. The second-order valence-corrected chi connectivity index (χ2v) is 10.1. The van der Waals surface area contributed by atoms with Crippen molar-refractivity contribution in [2.24, 2.45) is 23.2 Å². The highest BCUT2D eigenvalue weighted by Gasteiger charge is 2.36. The number of carbonyl (C=O) groups is 1. The van der Waals surface area contributed by atoms with Crippen LogP contribution in [0.4, 0.5) is 0 Å². The van der Waals surface area contributed by atoms with Crippen molar-refractivity contribution in [3.05, 3.63) is 24.3 Å². The van der Waals surface area contributed by atoms with E-state index in [-0.39, 0.29) is 11.3 Å². The lowest BCUT2D eigenvalue weighted by Crippen LogP contribution is -2.33. The lowest BCUT2D eigenvalue weighted by Gasteiger charge is -2.41. The van der Waals surface area contributed by atoms with Crippen LogP contribution >= 0.6 is 0 Å². The average Bonchev–Trinajstić information content (AvgIpc) is 2.62. The Balaban J connectivity index is 2.19. The van der Waals surface area contributed by atoms with Gasteiger partial charge in [-0.3, -0.25) is 4.79 Å². The van der Waals surface area contributed by atoms with Gasteiger partial charge in [0.1, 0.15) is 5.78 Å². The quantitative estimate of drug-likeness (QED) is 0.202. The lowest BCUT2D eigenvalue weighted by atomic mass is 9.63. The summed E-state index contributed by atoms with van der Waals surface area (Å²) >= 11 is 0. The Morgan fingerprint density at radius 2 is 1.57 bits per heavy atom. The van der Waals surface area contributed by atoms with Crippen molar-refractivity contribution in [3.8, 4) is 0 Å². The zero-order valence-corrected chi connectivity index (χ0v) is 19.7. The molecule has 162 valence electrons. The normalized spacial score (nSPS) is 22.2. The minimum Gasteiger partial charge on any atom is -0.299 e. The fraction of sp³-hybridized carbons (Fsp3) is 0.815. The van der Waals surface area contributed by atoms with E-state index in [0.717, 1.165) is 25.7 Å². The van der Waals surface area contributed by atoms with Gasteiger partial charge in [0.2, 0.25) is 0 Å². The summed E-state index contributed by atoms with van der Waals surface area (Å²) in [7, 11) is 0. The molecule has 0 aliphatic heterocycles. The maximum absolute atomic E-state index is 12.6. The summed E-state index contributed by atoms with van der Waals surface area (Å²) in [6.07, 6.45) is 20.6. The topological polar surface area (TPSA) is 17.1 Å². The highest BCUT2D eigenvalue weighted by atomic mass is 16.1. The van der Waals surface area contributed by atoms with Gasteiger partial charge in [-0.15, -0.1) is 0 Å². The molecule has 0 radical (unpaired) electrons. The summed E-state index contributed by atoms with van der Waals surface area (Å²) in [6.45, 7) is 15.8. The van der Waals surface area contributed by atoms with Crippen LogP contribution in [-0.4, -0.2) is 5.78 Å². The van der Waals surface area contributed by atoms with Crippen molar-refractivity contribution in [2.45, 2.75) is 118 Å². The smallest absolute Gasteiger partial charge is 0.136 e. The molecule has 0 bridgehead atoms. The van der Waals surface area contributed by atoms with Gasteiger partial charge in [-0.05, 0) is 36.5 Å². The van der Waals surface area contributed by atoms with E-state index in [4.69, 9.17) is 0 Å². The Hall–Kier alpha value is -0.850. The minimum absolute atomic E-state index is 0.125. The highest BCUT2D eigenvalue weighted by molar-refractivity contribution is 5.80. The van der Waals surface area contributed by atoms with Crippen LogP contribution in [0.1, 0.15) is 118 Å². The molecule has 0 heterocycles. The lowest BCUT2D eigenvalue weighted by molar-refractivity contribution is -0.122. The SMILES string of the molecule is C=C(CC(C)C(=O)CCCCCCCCCCCC)C1C(C)C=CCC1(C)C. The predicted octanol–water partition coefficient (Wildman–Crippen LogP) is 8.69. The van der Waals surface area contributed by atoms with Crippen LogP contribution in [0.3, 0.4) is 0 Å². The van der Waals surface area contributed by atoms with Gasteiger partial charge in [0.25, 0.3) is 0 Å². The van der Waals surface area contributed by atoms with Crippen molar-refractivity contribution in [1.82, 2.24) is 0 Å². The van der Waals surface area contributed by atoms with Gasteiger partial charge in [0.15, 0.2) is 0 Å². The van der Waals surface area contributed by atoms with Crippen LogP contribution in [0.5, 0.6) is 0 Å². The third-order valence-corrected chi connectivity index (χ3v) is 6.79. The first-order chi connectivity index (χ1) is 13.3. The zero-order chi connectivity index (χ0) is 21.0. The van der Waals surface area contributed by atoms with Crippen molar-refractivity contribution in [1.29, 1.82) is 0 Å². The Kier molecular flexibility index (Phi) is 12.0. The number of rotatable bonds is 15. The van der Waals surface area contributed by atoms with Gasteiger partial charge >= 0.3 is 0 Å². The fourth-order valence-corrected chi connectivity index (χ4v) is 5.13. The Morgan fingerprint density at radius 1 is 1.04 bits per heavy atom. The summed E-state index contributed by atoms with van der Waals surface area (Å²) in [5.41, 5.74) is 1.54. The summed E-state index contributed by atoms with van der Waals surface area (Å²) in [4.78, 5) is 12.6. The zero-order valence-electron chi connectivity index (χ0n) is 19.7. The van der Waals surface area contributed by atoms with Crippen LogP contribution in [0.2, 0.25) is 0 Å². The van der Waals surface area contributed by atoms with E-state index in [9.17, 15) is 4.79 Å². The van der Waals surface area contributed by atoms with E-state index < -0.39 is 0 Å². The number of unbranched alkanes of at least 4 members (excludes halogenated alkanes) is 9. The third kappa shape index (κ3) is 9.10. The Labute approximate surface area is 176 Å². The fourth-order valence-electron chi connectivity index (χ4n) is 5.13. The molecule has 0 N–H and O–H groups in total. The van der Waals surface area contributed by atoms with E-state index in [1.807, 2.05) is 0 Å². The third-order valence-electron chi connectivity index (χ3n) is 6.79. The molecular weight excluding hydrogens is 340 g/mol. The standard InChI is InChI=1S/C27H48O/c1-7-8-9-10-11-12-13-14-15-16-19-25(28)23(3)21-24(4)26-22(2)18-17-20-27(26,5)6/h17-18,22-23,26H,4,7-16,19-21H2,1-3,5-6H3. The molecule has 0 fully saturated rings. The van der Waals surface area contributed by atoms with Crippen LogP contribution < -0.4 is 0 Å². The molecule has 3 atom stereocenters. The van der Waals surface area contributed by atoms with Gasteiger partial charge < -0.3 is 0 Å². The van der Waals surface area contributed by atoms with Crippen LogP contribution in [0.25, 0.3) is 0 Å². The first kappa shape index (κ1) is 25.2. The molecule has 0 saturated carbocycles. The summed E-state index contributed by atoms with van der Waals surface area (Å²) in [5, 5.41) is 0. The molecule has 0 aromatic carbocycles. The number of hydrogen-bond donors (Lipinski definition) is 0. The number of hydrogen-bond acceptors (Lipinski definition) is 1. The first-order valence-electron chi connectivity index (χ1n) is 12.2. The van der Waals surface area contributed by atoms with Crippen LogP contribution in [-0.2, 0) is 4.79 Å². The molecule has 1 aliphatic carbocycles. The Bertz CT molecular complexity index is 484. The molecule has 0 aromatic heterocycles. The molecule has 1 rings (SSSR count). The van der Waals surface area contributed by atoms with Crippen LogP contribution in [0, 0.1) is 23.2 Å². The number of Topliss-reactive ketones (excluding diaryl/α,β-unsaturated/α-hetero) is 1. The molecular formula is C27H48O.